The zero-order chi connectivity index (χ0) is 30.8. The van der Waals surface area contributed by atoms with Crippen molar-refractivity contribution in [2.24, 2.45) is 0 Å². The average Bonchev–Trinajstić information content (AvgIpc) is 3.09. The number of benzene rings is 6. The molecule has 0 fully saturated rings. The van der Waals surface area contributed by atoms with Gasteiger partial charge in [0.15, 0.2) is 0 Å². The maximum absolute atomic E-state index is 6.25. The first-order valence-corrected chi connectivity index (χ1v) is 14.6. The van der Waals surface area contributed by atoms with Crippen molar-refractivity contribution in [1.82, 2.24) is 0 Å². The topological polar surface area (TPSA) is 40.2 Å². The third kappa shape index (κ3) is 7.53. The molecule has 0 aliphatic rings. The van der Waals surface area contributed by atoms with Gasteiger partial charge >= 0.3 is 0 Å². The first-order chi connectivity index (χ1) is 22.2. The first-order valence-electron chi connectivity index (χ1n) is 14.6. The van der Waals surface area contributed by atoms with Crippen LogP contribution in [-0.2, 0) is 0 Å². The number of anilines is 3. The van der Waals surface area contributed by atoms with E-state index in [1.54, 1.807) is 14.2 Å². The fourth-order valence-corrected chi connectivity index (χ4v) is 4.91. The van der Waals surface area contributed by atoms with E-state index in [9.17, 15) is 0 Å². The highest BCUT2D eigenvalue weighted by molar-refractivity contribution is 5.79. The number of methoxy groups -OCH3 is 2. The summed E-state index contributed by atoms with van der Waals surface area (Å²) in [4.78, 5) is 2.18. The second kappa shape index (κ2) is 14.0. The molecule has 0 atom stereocenters. The van der Waals surface area contributed by atoms with Gasteiger partial charge in [0.05, 0.1) is 14.2 Å². The standard InChI is InChI=1S/C40H33NO4/c1-42-35-14-8-18-39(28-35)44-37-16-6-12-33(26-37)41(32-24-22-31(23-25-32)21-20-30-10-4-3-5-11-30)34-13-7-17-38(27-34)45-40-19-9-15-36(29-40)43-2/h3-29H,1-2H3/b21-20+. The quantitative estimate of drug-likeness (QED) is 0.140. The Balaban J connectivity index is 1.35. The van der Waals surface area contributed by atoms with Gasteiger partial charge in [0.2, 0.25) is 0 Å². The molecule has 0 aliphatic carbocycles. The van der Waals surface area contributed by atoms with Crippen LogP contribution in [0.5, 0.6) is 34.5 Å². The molecule has 0 aromatic heterocycles. The molecule has 0 amide bonds. The van der Waals surface area contributed by atoms with Crippen LogP contribution >= 0.6 is 0 Å². The summed E-state index contributed by atoms with van der Waals surface area (Å²) in [5.74, 6) is 4.27. The fraction of sp³-hybridized carbons (Fsp3) is 0.0500. The molecule has 0 bridgehead atoms. The monoisotopic (exact) mass is 591 g/mol. The molecule has 0 aliphatic heterocycles. The summed E-state index contributed by atoms with van der Waals surface area (Å²) in [5, 5.41) is 0. The molecule has 0 N–H and O–H groups in total. The summed E-state index contributed by atoms with van der Waals surface area (Å²) < 4.78 is 23.3. The molecular formula is C40H33NO4. The van der Waals surface area contributed by atoms with Crippen molar-refractivity contribution < 1.29 is 18.9 Å². The Hall–Kier alpha value is -5.94. The van der Waals surface area contributed by atoms with Crippen molar-refractivity contribution >= 4 is 29.2 Å². The number of hydrogen-bond acceptors (Lipinski definition) is 5. The average molecular weight is 592 g/mol. The molecule has 5 nitrogen and oxygen atoms in total. The van der Waals surface area contributed by atoms with Crippen LogP contribution in [-0.4, -0.2) is 14.2 Å². The summed E-state index contributed by atoms with van der Waals surface area (Å²) in [6.45, 7) is 0. The molecule has 0 unspecified atom stereocenters. The van der Waals surface area contributed by atoms with Gasteiger partial charge in [0, 0.05) is 41.3 Å². The number of ether oxygens (including phenoxy) is 4. The van der Waals surface area contributed by atoms with E-state index in [-0.39, 0.29) is 0 Å². The minimum absolute atomic E-state index is 0.696. The summed E-state index contributed by atoms with van der Waals surface area (Å²) in [7, 11) is 3.29. The molecule has 0 heterocycles. The van der Waals surface area contributed by atoms with Crippen molar-refractivity contribution in [3.05, 3.63) is 163 Å². The summed E-state index contributed by atoms with van der Waals surface area (Å²) in [6.07, 6.45) is 4.24. The molecule has 222 valence electrons. The van der Waals surface area contributed by atoms with E-state index >= 15 is 0 Å². The molecular weight excluding hydrogens is 558 g/mol. The van der Waals surface area contributed by atoms with Crippen LogP contribution in [0.4, 0.5) is 17.1 Å². The third-order valence-electron chi connectivity index (χ3n) is 7.12. The van der Waals surface area contributed by atoms with Crippen molar-refractivity contribution in [3.8, 4) is 34.5 Å². The molecule has 6 rings (SSSR count). The van der Waals surface area contributed by atoms with Crippen molar-refractivity contribution in [2.75, 3.05) is 19.1 Å². The Morgan fingerprint density at radius 3 is 1.29 bits per heavy atom. The Morgan fingerprint density at radius 2 is 0.800 bits per heavy atom. The molecule has 0 spiro atoms. The summed E-state index contributed by atoms with van der Waals surface area (Å²) >= 11 is 0. The Kier molecular flexibility index (Phi) is 9.08. The largest absolute Gasteiger partial charge is 0.497 e. The van der Waals surface area contributed by atoms with E-state index in [1.165, 1.54) is 0 Å². The van der Waals surface area contributed by atoms with Crippen LogP contribution < -0.4 is 23.8 Å². The van der Waals surface area contributed by atoms with Crippen LogP contribution in [0.2, 0.25) is 0 Å². The number of rotatable bonds is 11. The van der Waals surface area contributed by atoms with Gasteiger partial charge in [-0.15, -0.1) is 0 Å². The van der Waals surface area contributed by atoms with Crippen molar-refractivity contribution in [2.45, 2.75) is 0 Å². The highest BCUT2D eigenvalue weighted by Gasteiger charge is 2.15. The van der Waals surface area contributed by atoms with E-state index in [1.807, 2.05) is 103 Å². The molecule has 0 saturated heterocycles. The molecule has 6 aromatic carbocycles. The van der Waals surface area contributed by atoms with E-state index in [4.69, 9.17) is 18.9 Å². The predicted molar refractivity (Wildman–Crippen MR) is 183 cm³/mol. The van der Waals surface area contributed by atoms with Crippen LogP contribution in [0, 0.1) is 0 Å². The minimum atomic E-state index is 0.696. The second-order valence-corrected chi connectivity index (χ2v) is 10.2. The maximum Gasteiger partial charge on any atom is 0.131 e. The van der Waals surface area contributed by atoms with Crippen molar-refractivity contribution in [1.29, 1.82) is 0 Å². The Labute approximate surface area is 264 Å². The van der Waals surface area contributed by atoms with Crippen molar-refractivity contribution in [3.63, 3.8) is 0 Å². The molecule has 5 heteroatoms. The zero-order valence-electron chi connectivity index (χ0n) is 25.2. The van der Waals surface area contributed by atoms with Crippen LogP contribution in [0.3, 0.4) is 0 Å². The Morgan fingerprint density at radius 1 is 0.378 bits per heavy atom. The highest BCUT2D eigenvalue weighted by Crippen LogP contribution is 2.39. The highest BCUT2D eigenvalue weighted by atomic mass is 16.5. The Bertz CT molecular complexity index is 1790. The van der Waals surface area contributed by atoms with Crippen LogP contribution in [0.15, 0.2) is 152 Å². The maximum atomic E-state index is 6.25. The third-order valence-corrected chi connectivity index (χ3v) is 7.12. The van der Waals surface area contributed by atoms with Gasteiger partial charge in [-0.3, -0.25) is 0 Å². The van der Waals surface area contributed by atoms with Gasteiger partial charge < -0.3 is 23.8 Å². The summed E-state index contributed by atoms with van der Waals surface area (Å²) in [6, 6.07) is 50.0. The van der Waals surface area contributed by atoms with Gasteiger partial charge in [-0.1, -0.05) is 78.9 Å². The molecule has 0 saturated carbocycles. The number of nitrogens with zero attached hydrogens (tertiary/aromatic N) is 1. The van der Waals surface area contributed by atoms with E-state index < -0.39 is 0 Å². The van der Waals surface area contributed by atoms with Crippen LogP contribution in [0.25, 0.3) is 12.2 Å². The van der Waals surface area contributed by atoms with Gasteiger partial charge in [0.25, 0.3) is 0 Å². The van der Waals surface area contributed by atoms with Crippen LogP contribution in [0.1, 0.15) is 11.1 Å². The van der Waals surface area contributed by atoms with Gasteiger partial charge in [0.1, 0.15) is 34.5 Å². The molecule has 6 aromatic rings. The predicted octanol–water partition coefficient (Wildman–Crippen LogP) is 10.9. The van der Waals surface area contributed by atoms with Gasteiger partial charge in [-0.25, -0.2) is 0 Å². The van der Waals surface area contributed by atoms with E-state index in [2.05, 4.69) is 65.6 Å². The normalized spacial score (nSPS) is 10.8. The van der Waals surface area contributed by atoms with Gasteiger partial charge in [-0.2, -0.15) is 0 Å². The lowest BCUT2D eigenvalue weighted by molar-refractivity contribution is 0.409. The fourth-order valence-electron chi connectivity index (χ4n) is 4.91. The lowest BCUT2D eigenvalue weighted by Crippen LogP contribution is -2.10. The smallest absolute Gasteiger partial charge is 0.131 e. The number of hydrogen-bond donors (Lipinski definition) is 0. The summed E-state index contributed by atoms with van der Waals surface area (Å²) in [5.41, 5.74) is 5.11. The SMILES string of the molecule is COc1cccc(Oc2cccc(N(c3ccc(/C=C/c4ccccc4)cc3)c3cccc(Oc4cccc(OC)c4)c3)c2)c1. The second-order valence-electron chi connectivity index (χ2n) is 10.2. The zero-order valence-corrected chi connectivity index (χ0v) is 25.2. The van der Waals surface area contributed by atoms with Gasteiger partial charge in [-0.05, 0) is 71.8 Å². The first kappa shape index (κ1) is 29.1. The van der Waals surface area contributed by atoms with E-state index in [0.717, 1.165) is 39.7 Å². The lowest BCUT2D eigenvalue weighted by atomic mass is 10.1. The van der Waals surface area contributed by atoms with E-state index in [0.29, 0.717) is 23.0 Å². The molecule has 45 heavy (non-hydrogen) atoms. The minimum Gasteiger partial charge on any atom is -0.497 e. The lowest BCUT2D eigenvalue weighted by Gasteiger charge is -2.26. The molecule has 0 radical (unpaired) electrons.